The van der Waals surface area contributed by atoms with Gasteiger partial charge in [-0.2, -0.15) is 8.78 Å². The van der Waals surface area contributed by atoms with Crippen LogP contribution in [0.5, 0.6) is 0 Å². The molecule has 4 heteroatoms. The summed E-state index contributed by atoms with van der Waals surface area (Å²) in [4.78, 5) is 4.02. The van der Waals surface area contributed by atoms with Gasteiger partial charge in [0.15, 0.2) is 0 Å². The van der Waals surface area contributed by atoms with Crippen molar-refractivity contribution in [3.05, 3.63) is 29.6 Å². The molecule has 0 unspecified atom stereocenters. The van der Waals surface area contributed by atoms with Crippen LogP contribution in [0.25, 0.3) is 0 Å². The van der Waals surface area contributed by atoms with Crippen molar-refractivity contribution in [2.75, 3.05) is 0 Å². The van der Waals surface area contributed by atoms with E-state index in [0.29, 0.717) is 5.69 Å². The zero-order valence-corrected chi connectivity index (χ0v) is 9.96. The summed E-state index contributed by atoms with van der Waals surface area (Å²) in [5, 5.41) is 9.46. The fraction of sp³-hybridized carbons (Fsp3) is 0.583. The van der Waals surface area contributed by atoms with Gasteiger partial charge in [-0.3, -0.25) is 4.98 Å². The van der Waals surface area contributed by atoms with Crippen molar-refractivity contribution in [1.29, 1.82) is 0 Å². The Morgan fingerprint density at radius 3 is 2.31 bits per heavy atom. The van der Waals surface area contributed by atoms with Crippen LogP contribution >= 0.6 is 0 Å². The lowest BCUT2D eigenvalue weighted by Crippen LogP contribution is -2.40. The van der Waals surface area contributed by atoms with E-state index >= 15 is 0 Å². The lowest BCUT2D eigenvalue weighted by molar-refractivity contribution is -0.168. The Labute approximate surface area is 94.3 Å². The fourth-order valence-corrected chi connectivity index (χ4v) is 1.31. The van der Waals surface area contributed by atoms with Gasteiger partial charge >= 0.3 is 5.92 Å². The number of nitrogens with zero attached hydrogens (tertiary/aromatic N) is 1. The van der Waals surface area contributed by atoms with Crippen LogP contribution in [-0.4, -0.2) is 15.7 Å². The molecule has 1 heterocycles. The number of hydrogen-bond acceptors (Lipinski definition) is 2. The fourth-order valence-electron chi connectivity index (χ4n) is 1.31. The predicted molar refractivity (Wildman–Crippen MR) is 58.5 cm³/mol. The van der Waals surface area contributed by atoms with E-state index < -0.39 is 11.5 Å². The molecule has 1 aromatic rings. The molecule has 0 amide bonds. The Balaban J connectivity index is 3.19. The number of aliphatic hydroxyl groups is 1. The molecule has 90 valence electrons. The van der Waals surface area contributed by atoms with Crippen molar-refractivity contribution in [2.24, 2.45) is 0 Å². The predicted octanol–water partition coefficient (Wildman–Crippen LogP) is 3.07. The van der Waals surface area contributed by atoms with Crippen LogP contribution in [0, 0.1) is 0 Å². The van der Waals surface area contributed by atoms with Crippen LogP contribution in [-0.2, 0) is 5.92 Å². The lowest BCUT2D eigenvalue weighted by Gasteiger charge is -2.29. The maximum absolute atomic E-state index is 13.8. The van der Waals surface area contributed by atoms with Crippen LogP contribution in [0.15, 0.2) is 18.3 Å². The maximum Gasteiger partial charge on any atom is 0.300 e. The number of rotatable bonds is 3. The average molecular weight is 229 g/mol. The van der Waals surface area contributed by atoms with E-state index in [-0.39, 0.29) is 11.5 Å². The van der Waals surface area contributed by atoms with Gasteiger partial charge in [0, 0.05) is 17.5 Å². The summed E-state index contributed by atoms with van der Waals surface area (Å²) in [6.07, 6.45) is 1.35. The number of aromatic nitrogens is 1. The van der Waals surface area contributed by atoms with E-state index in [9.17, 15) is 13.9 Å². The van der Waals surface area contributed by atoms with Gasteiger partial charge in [0.1, 0.15) is 5.60 Å². The van der Waals surface area contributed by atoms with Gasteiger partial charge in [-0.25, -0.2) is 0 Å². The molecule has 0 saturated heterocycles. The number of alkyl halides is 2. The number of halogens is 2. The molecule has 1 rings (SSSR count). The molecule has 0 spiro atoms. The van der Waals surface area contributed by atoms with Gasteiger partial charge in [0.2, 0.25) is 0 Å². The molecule has 0 bridgehead atoms. The first kappa shape index (κ1) is 13.0. The van der Waals surface area contributed by atoms with Crippen molar-refractivity contribution in [3.63, 3.8) is 0 Å². The molecule has 1 aromatic heterocycles. The van der Waals surface area contributed by atoms with Crippen molar-refractivity contribution >= 4 is 0 Å². The van der Waals surface area contributed by atoms with Crippen molar-refractivity contribution in [3.8, 4) is 0 Å². The Kier molecular flexibility index (Phi) is 3.33. The van der Waals surface area contributed by atoms with Gasteiger partial charge in [-0.15, -0.1) is 0 Å². The standard InChI is InChI=1S/C12H17F2NO/c1-8(2)10-7-9(5-6-15-10)12(13,14)11(3,4)16/h5-8,16H,1-4H3. The van der Waals surface area contributed by atoms with E-state index in [2.05, 4.69) is 4.98 Å². The highest BCUT2D eigenvalue weighted by molar-refractivity contribution is 5.25. The van der Waals surface area contributed by atoms with Crippen molar-refractivity contribution in [1.82, 2.24) is 4.98 Å². The zero-order valence-electron chi connectivity index (χ0n) is 9.96. The largest absolute Gasteiger partial charge is 0.384 e. The SMILES string of the molecule is CC(C)c1cc(C(F)(F)C(C)(C)O)ccn1. The van der Waals surface area contributed by atoms with E-state index in [4.69, 9.17) is 0 Å². The normalized spacial score (nSPS) is 13.2. The van der Waals surface area contributed by atoms with E-state index in [1.54, 1.807) is 0 Å². The first-order chi connectivity index (χ1) is 7.16. The van der Waals surface area contributed by atoms with E-state index in [0.717, 1.165) is 13.8 Å². The third kappa shape index (κ3) is 2.38. The number of hydrogen-bond donors (Lipinski definition) is 1. The summed E-state index contributed by atoms with van der Waals surface area (Å²) in [5.74, 6) is -3.20. The number of pyridine rings is 1. The lowest BCUT2D eigenvalue weighted by atomic mass is 9.93. The minimum absolute atomic E-state index is 0.0811. The van der Waals surface area contributed by atoms with Gasteiger partial charge < -0.3 is 5.11 Å². The summed E-state index contributed by atoms with van der Waals surface area (Å²) < 4.78 is 27.7. The molecule has 16 heavy (non-hydrogen) atoms. The molecule has 2 nitrogen and oxygen atoms in total. The molecule has 0 fully saturated rings. The summed E-state index contributed by atoms with van der Waals surface area (Å²) in [5.41, 5.74) is -1.68. The van der Waals surface area contributed by atoms with E-state index in [1.807, 2.05) is 13.8 Å². The Bertz CT molecular complexity index is 370. The average Bonchev–Trinajstić information content (AvgIpc) is 2.16. The smallest absolute Gasteiger partial charge is 0.300 e. The van der Waals surface area contributed by atoms with E-state index in [1.165, 1.54) is 18.3 Å². The van der Waals surface area contributed by atoms with Crippen LogP contribution < -0.4 is 0 Å². The van der Waals surface area contributed by atoms with Crippen LogP contribution in [0.4, 0.5) is 8.78 Å². The van der Waals surface area contributed by atoms with Crippen LogP contribution in [0.1, 0.15) is 44.9 Å². The Morgan fingerprint density at radius 2 is 1.88 bits per heavy atom. The highest BCUT2D eigenvalue weighted by Crippen LogP contribution is 2.38. The summed E-state index contributed by atoms with van der Waals surface area (Å²) in [7, 11) is 0. The minimum atomic E-state index is -3.28. The second-order valence-corrected chi connectivity index (χ2v) is 4.76. The summed E-state index contributed by atoms with van der Waals surface area (Å²) in [6, 6.07) is 2.59. The van der Waals surface area contributed by atoms with Crippen LogP contribution in [0.2, 0.25) is 0 Å². The van der Waals surface area contributed by atoms with Gasteiger partial charge in [0.25, 0.3) is 0 Å². The Hall–Kier alpha value is -1.03. The summed E-state index contributed by atoms with van der Waals surface area (Å²) >= 11 is 0. The summed E-state index contributed by atoms with van der Waals surface area (Å²) in [6.45, 7) is 5.97. The third-order valence-corrected chi connectivity index (χ3v) is 2.50. The molecule has 1 N–H and O–H groups in total. The topological polar surface area (TPSA) is 33.1 Å². The molecular formula is C12H17F2NO. The third-order valence-electron chi connectivity index (χ3n) is 2.50. The van der Waals surface area contributed by atoms with Gasteiger partial charge in [0.05, 0.1) is 0 Å². The molecule has 0 aliphatic heterocycles. The molecule has 0 atom stereocenters. The Morgan fingerprint density at radius 1 is 1.31 bits per heavy atom. The van der Waals surface area contributed by atoms with Gasteiger partial charge in [-0.1, -0.05) is 13.8 Å². The highest BCUT2D eigenvalue weighted by Gasteiger charge is 2.47. The molecule has 0 aromatic carbocycles. The maximum atomic E-state index is 13.8. The first-order valence-electron chi connectivity index (χ1n) is 5.23. The molecular weight excluding hydrogens is 212 g/mol. The quantitative estimate of drug-likeness (QED) is 0.864. The second-order valence-electron chi connectivity index (χ2n) is 4.76. The van der Waals surface area contributed by atoms with Crippen molar-refractivity contribution in [2.45, 2.75) is 45.1 Å². The molecule has 0 radical (unpaired) electrons. The monoisotopic (exact) mass is 229 g/mol. The highest BCUT2D eigenvalue weighted by atomic mass is 19.3. The van der Waals surface area contributed by atoms with Crippen LogP contribution in [0.3, 0.4) is 0 Å². The first-order valence-corrected chi connectivity index (χ1v) is 5.23. The molecule has 0 aliphatic rings. The minimum Gasteiger partial charge on any atom is -0.384 e. The van der Waals surface area contributed by atoms with Gasteiger partial charge in [-0.05, 0) is 31.9 Å². The zero-order chi connectivity index (χ0) is 12.6. The molecule has 0 saturated carbocycles. The second kappa shape index (κ2) is 4.09. The molecule has 0 aliphatic carbocycles. The van der Waals surface area contributed by atoms with Crippen molar-refractivity contribution < 1.29 is 13.9 Å².